The molecule has 128 valence electrons. The Bertz CT molecular complexity index is 976. The van der Waals surface area contributed by atoms with E-state index in [2.05, 4.69) is 10.3 Å². The molecule has 2 aromatic heterocycles. The molecule has 1 aliphatic carbocycles. The maximum atomic E-state index is 14.6. The summed E-state index contributed by atoms with van der Waals surface area (Å²) in [4.78, 5) is 16.2. The Morgan fingerprint density at radius 3 is 2.84 bits per heavy atom. The van der Waals surface area contributed by atoms with E-state index in [1.807, 2.05) is 0 Å². The van der Waals surface area contributed by atoms with Gasteiger partial charge in [-0.05, 0) is 43.0 Å². The Balaban J connectivity index is 1.74. The molecule has 3 aromatic rings. The van der Waals surface area contributed by atoms with Gasteiger partial charge < -0.3 is 14.8 Å². The van der Waals surface area contributed by atoms with Crippen LogP contribution in [0, 0.1) is 18.7 Å². The van der Waals surface area contributed by atoms with Crippen LogP contribution in [0.15, 0.2) is 36.7 Å². The van der Waals surface area contributed by atoms with E-state index in [-0.39, 0.29) is 24.2 Å². The summed E-state index contributed by atoms with van der Waals surface area (Å²) in [6, 6.07) is 6.93. The first-order chi connectivity index (χ1) is 12.1. The fourth-order valence-corrected chi connectivity index (χ4v) is 2.94. The molecule has 0 radical (unpaired) electrons. The molecule has 1 aromatic carbocycles. The molecule has 1 aliphatic rings. The number of anilines is 1. The number of hydrogen-bond acceptors (Lipinski definition) is 3. The molecule has 0 atom stereocenters. The SMILES string of the molecule is Cc1ccc(CO)c(-c2ccc3nc(NC(=O)C4CC4)cn3c2)c1F. The summed E-state index contributed by atoms with van der Waals surface area (Å²) in [5.74, 6) is 0.249. The number of aliphatic hydroxyl groups is 1. The Kier molecular flexibility index (Phi) is 3.77. The van der Waals surface area contributed by atoms with Crippen LogP contribution in [-0.4, -0.2) is 20.4 Å². The summed E-state index contributed by atoms with van der Waals surface area (Å²) in [6.45, 7) is 1.46. The third-order valence-corrected chi connectivity index (χ3v) is 4.53. The minimum absolute atomic E-state index is 0.00377. The molecule has 25 heavy (non-hydrogen) atoms. The molecule has 0 aliphatic heterocycles. The molecule has 1 fully saturated rings. The number of amides is 1. The van der Waals surface area contributed by atoms with Gasteiger partial charge in [0.15, 0.2) is 5.82 Å². The van der Waals surface area contributed by atoms with Crippen molar-refractivity contribution in [3.8, 4) is 11.1 Å². The number of halogens is 1. The van der Waals surface area contributed by atoms with E-state index >= 15 is 0 Å². The van der Waals surface area contributed by atoms with E-state index in [0.717, 1.165) is 12.8 Å². The molecule has 0 unspecified atom stereocenters. The highest BCUT2D eigenvalue weighted by atomic mass is 19.1. The molecular weight excluding hydrogens is 321 g/mol. The van der Waals surface area contributed by atoms with Crippen molar-refractivity contribution >= 4 is 17.4 Å². The van der Waals surface area contributed by atoms with Gasteiger partial charge in [0, 0.05) is 23.2 Å². The molecule has 4 rings (SSSR count). The van der Waals surface area contributed by atoms with Crippen molar-refractivity contribution in [2.45, 2.75) is 26.4 Å². The predicted molar refractivity (Wildman–Crippen MR) is 92.6 cm³/mol. The zero-order valence-electron chi connectivity index (χ0n) is 13.8. The smallest absolute Gasteiger partial charge is 0.228 e. The van der Waals surface area contributed by atoms with Gasteiger partial charge in [-0.3, -0.25) is 4.79 Å². The topological polar surface area (TPSA) is 66.6 Å². The Morgan fingerprint density at radius 1 is 1.32 bits per heavy atom. The zero-order chi connectivity index (χ0) is 17.6. The highest BCUT2D eigenvalue weighted by Gasteiger charge is 2.30. The summed E-state index contributed by atoms with van der Waals surface area (Å²) >= 11 is 0. The number of carbonyl (C=O) groups is 1. The summed E-state index contributed by atoms with van der Waals surface area (Å²) in [7, 11) is 0. The summed E-state index contributed by atoms with van der Waals surface area (Å²) < 4.78 is 16.4. The monoisotopic (exact) mass is 339 g/mol. The average molecular weight is 339 g/mol. The molecule has 6 heteroatoms. The van der Waals surface area contributed by atoms with Gasteiger partial charge in [0.05, 0.1) is 12.8 Å². The Hall–Kier alpha value is -2.73. The van der Waals surface area contributed by atoms with Gasteiger partial charge in [-0.2, -0.15) is 0 Å². The molecule has 0 saturated heterocycles. The fraction of sp³-hybridized carbons (Fsp3) is 0.263. The molecular formula is C19H18FN3O2. The molecule has 0 bridgehead atoms. The zero-order valence-corrected chi connectivity index (χ0v) is 13.8. The number of aliphatic hydroxyl groups excluding tert-OH is 1. The van der Waals surface area contributed by atoms with Crippen molar-refractivity contribution in [1.29, 1.82) is 0 Å². The van der Waals surface area contributed by atoms with Crippen molar-refractivity contribution in [1.82, 2.24) is 9.38 Å². The molecule has 2 heterocycles. The number of nitrogens with zero attached hydrogens (tertiary/aromatic N) is 2. The summed E-state index contributed by atoms with van der Waals surface area (Å²) in [5, 5.41) is 12.3. The van der Waals surface area contributed by atoms with Crippen LogP contribution in [-0.2, 0) is 11.4 Å². The van der Waals surface area contributed by atoms with Gasteiger partial charge in [-0.1, -0.05) is 12.1 Å². The predicted octanol–water partition coefficient (Wildman–Crippen LogP) is 3.29. The van der Waals surface area contributed by atoms with E-state index in [1.54, 1.807) is 48.0 Å². The number of carbonyl (C=O) groups excluding carboxylic acids is 1. The molecule has 0 spiro atoms. The lowest BCUT2D eigenvalue weighted by molar-refractivity contribution is -0.117. The third-order valence-electron chi connectivity index (χ3n) is 4.53. The van der Waals surface area contributed by atoms with Crippen LogP contribution < -0.4 is 5.32 Å². The van der Waals surface area contributed by atoms with Crippen LogP contribution in [0.3, 0.4) is 0 Å². The lowest BCUT2D eigenvalue weighted by Crippen LogP contribution is -2.13. The van der Waals surface area contributed by atoms with Gasteiger partial charge in [0.2, 0.25) is 5.91 Å². The number of rotatable bonds is 4. The highest BCUT2D eigenvalue weighted by Crippen LogP contribution is 2.31. The van der Waals surface area contributed by atoms with E-state index < -0.39 is 0 Å². The normalized spacial score (nSPS) is 14.0. The van der Waals surface area contributed by atoms with Gasteiger partial charge in [0.25, 0.3) is 0 Å². The number of aryl methyl sites for hydroxylation is 1. The Morgan fingerprint density at radius 2 is 2.12 bits per heavy atom. The number of hydrogen-bond donors (Lipinski definition) is 2. The van der Waals surface area contributed by atoms with Crippen LogP contribution in [0.4, 0.5) is 10.2 Å². The van der Waals surface area contributed by atoms with Crippen LogP contribution in [0.5, 0.6) is 0 Å². The maximum Gasteiger partial charge on any atom is 0.228 e. The van der Waals surface area contributed by atoms with Crippen molar-refractivity contribution in [2.75, 3.05) is 5.32 Å². The van der Waals surface area contributed by atoms with Crippen LogP contribution in [0.25, 0.3) is 16.8 Å². The minimum atomic E-state index is -0.340. The van der Waals surface area contributed by atoms with Gasteiger partial charge in [-0.25, -0.2) is 9.37 Å². The number of benzene rings is 1. The van der Waals surface area contributed by atoms with E-state index in [4.69, 9.17) is 0 Å². The maximum absolute atomic E-state index is 14.6. The Labute approximate surface area is 144 Å². The molecule has 5 nitrogen and oxygen atoms in total. The van der Waals surface area contributed by atoms with Crippen LogP contribution in [0.2, 0.25) is 0 Å². The lowest BCUT2D eigenvalue weighted by atomic mass is 9.98. The van der Waals surface area contributed by atoms with E-state index in [9.17, 15) is 14.3 Å². The lowest BCUT2D eigenvalue weighted by Gasteiger charge is -2.11. The molecule has 2 N–H and O–H groups in total. The first-order valence-electron chi connectivity index (χ1n) is 8.25. The van der Waals surface area contributed by atoms with Crippen molar-refractivity contribution in [2.24, 2.45) is 5.92 Å². The number of aromatic nitrogens is 2. The van der Waals surface area contributed by atoms with Gasteiger partial charge >= 0.3 is 0 Å². The minimum Gasteiger partial charge on any atom is -0.392 e. The van der Waals surface area contributed by atoms with Crippen molar-refractivity contribution in [3.05, 3.63) is 53.6 Å². The van der Waals surface area contributed by atoms with Crippen molar-refractivity contribution < 1.29 is 14.3 Å². The third kappa shape index (κ3) is 2.89. The summed E-state index contributed by atoms with van der Waals surface area (Å²) in [5.41, 5.74) is 2.76. The summed E-state index contributed by atoms with van der Waals surface area (Å²) in [6.07, 6.45) is 5.33. The number of pyridine rings is 1. The van der Waals surface area contributed by atoms with E-state index in [1.165, 1.54) is 0 Å². The molecule has 1 saturated carbocycles. The van der Waals surface area contributed by atoms with Crippen molar-refractivity contribution in [3.63, 3.8) is 0 Å². The second-order valence-electron chi connectivity index (χ2n) is 6.46. The fourth-order valence-electron chi connectivity index (χ4n) is 2.94. The second kappa shape index (κ2) is 5.97. The van der Waals surface area contributed by atoms with Gasteiger partial charge in [0.1, 0.15) is 11.5 Å². The van der Waals surface area contributed by atoms with Crippen LogP contribution in [0.1, 0.15) is 24.0 Å². The quantitative estimate of drug-likeness (QED) is 0.766. The average Bonchev–Trinajstić information content (AvgIpc) is 3.37. The van der Waals surface area contributed by atoms with Crippen LogP contribution >= 0.6 is 0 Å². The molecule has 1 amide bonds. The second-order valence-corrected chi connectivity index (χ2v) is 6.46. The standard InChI is InChI=1S/C19H18FN3O2/c1-11-2-3-14(10-24)17(18(11)20)13-6-7-16-21-15(9-23(16)8-13)22-19(25)12-4-5-12/h2-3,6-9,12,24H,4-5,10H2,1H3,(H,22,25). The number of imidazole rings is 1. The largest absolute Gasteiger partial charge is 0.392 e. The first-order valence-corrected chi connectivity index (χ1v) is 8.25. The first kappa shape index (κ1) is 15.8. The number of nitrogens with one attached hydrogen (secondary N) is 1. The van der Waals surface area contributed by atoms with Gasteiger partial charge in [-0.15, -0.1) is 0 Å². The van der Waals surface area contributed by atoms with E-state index in [0.29, 0.717) is 33.7 Å². The highest BCUT2D eigenvalue weighted by molar-refractivity contribution is 5.93. The number of fused-ring (bicyclic) bond motifs is 1.